The molecular formula is C38H23O2S4+. The molecule has 2 heterocycles. The first kappa shape index (κ1) is 27.4. The molecule has 44 heavy (non-hydrogen) atoms. The van der Waals surface area contributed by atoms with Gasteiger partial charge in [-0.15, -0.1) is 22.7 Å². The van der Waals surface area contributed by atoms with Gasteiger partial charge in [0.05, 0.1) is 10.9 Å². The number of benzene rings is 6. The molecule has 210 valence electrons. The lowest BCUT2D eigenvalue weighted by molar-refractivity contribution is 1.29. The van der Waals surface area contributed by atoms with E-state index in [0.717, 1.165) is 50.1 Å². The van der Waals surface area contributed by atoms with Crippen molar-refractivity contribution in [1.82, 2.24) is 0 Å². The van der Waals surface area contributed by atoms with Crippen LogP contribution in [0.5, 0.6) is 0 Å². The van der Waals surface area contributed by atoms with Crippen molar-refractivity contribution < 1.29 is 0 Å². The summed E-state index contributed by atoms with van der Waals surface area (Å²) in [6.45, 7) is 0. The highest BCUT2D eigenvalue weighted by Gasteiger charge is 2.29. The van der Waals surface area contributed by atoms with E-state index in [0.29, 0.717) is 0 Å². The second-order valence-corrected chi connectivity index (χ2v) is 15.7. The number of hydrogen-bond donors (Lipinski definition) is 0. The Morgan fingerprint density at radius 2 is 0.932 bits per heavy atom. The minimum atomic E-state index is -0.345. The van der Waals surface area contributed by atoms with Crippen LogP contribution in [0, 0.1) is 0 Å². The first-order chi connectivity index (χ1) is 21.6. The lowest BCUT2D eigenvalue weighted by Crippen LogP contribution is -2.06. The summed E-state index contributed by atoms with van der Waals surface area (Å²) in [6, 6.07) is 47.5. The molecule has 0 radical (unpaired) electrons. The van der Waals surface area contributed by atoms with E-state index in [1.54, 1.807) is 34.4 Å². The number of fused-ring (bicyclic) bond motifs is 4. The molecular weight excluding hydrogens is 617 g/mol. The third-order valence-corrected chi connectivity index (χ3v) is 13.1. The first-order valence-electron chi connectivity index (χ1n) is 14.1. The maximum absolute atomic E-state index is 13.2. The molecule has 1 unspecified atom stereocenters. The van der Waals surface area contributed by atoms with Crippen LogP contribution in [0.2, 0.25) is 0 Å². The maximum Gasteiger partial charge on any atom is 0.195 e. The molecule has 0 amide bonds. The van der Waals surface area contributed by atoms with Gasteiger partial charge in [0.1, 0.15) is 0 Å². The fourth-order valence-electron chi connectivity index (χ4n) is 5.50. The van der Waals surface area contributed by atoms with Gasteiger partial charge < -0.3 is 0 Å². The topological polar surface area (TPSA) is 34.1 Å². The molecule has 0 aliphatic heterocycles. The molecule has 6 aromatic carbocycles. The summed E-state index contributed by atoms with van der Waals surface area (Å²) in [4.78, 5) is 32.2. The van der Waals surface area contributed by atoms with E-state index in [9.17, 15) is 9.59 Å². The van der Waals surface area contributed by atoms with Crippen LogP contribution in [0.25, 0.3) is 40.3 Å². The summed E-state index contributed by atoms with van der Waals surface area (Å²) in [5.74, 6) is 0. The summed E-state index contributed by atoms with van der Waals surface area (Å²) in [6.07, 6.45) is 0. The largest absolute Gasteiger partial charge is 0.289 e. The van der Waals surface area contributed by atoms with Gasteiger partial charge in [-0.3, -0.25) is 9.59 Å². The van der Waals surface area contributed by atoms with Crippen LogP contribution in [-0.4, -0.2) is 0 Å². The lowest BCUT2D eigenvalue weighted by atomic mass is 10.2. The summed E-state index contributed by atoms with van der Waals surface area (Å²) in [7, 11) is -0.345. The molecule has 0 saturated carbocycles. The highest BCUT2D eigenvalue weighted by atomic mass is 32.2. The Hall–Kier alpha value is -4.20. The highest BCUT2D eigenvalue weighted by Crippen LogP contribution is 2.37. The summed E-state index contributed by atoms with van der Waals surface area (Å²) in [5, 5.41) is 3.09. The van der Waals surface area contributed by atoms with E-state index in [4.69, 9.17) is 0 Å². The van der Waals surface area contributed by atoms with Gasteiger partial charge in [-0.2, -0.15) is 0 Å². The number of hydrogen-bond acceptors (Lipinski definition) is 5. The Morgan fingerprint density at radius 1 is 0.409 bits per heavy atom. The lowest BCUT2D eigenvalue weighted by Gasteiger charge is -2.10. The molecule has 1 atom stereocenters. The molecule has 6 heteroatoms. The Balaban J connectivity index is 1.16. The van der Waals surface area contributed by atoms with Crippen molar-refractivity contribution in [1.29, 1.82) is 0 Å². The van der Waals surface area contributed by atoms with Crippen molar-refractivity contribution in [3.8, 4) is 0 Å². The molecule has 8 rings (SSSR count). The van der Waals surface area contributed by atoms with Crippen molar-refractivity contribution >= 4 is 85.7 Å². The summed E-state index contributed by atoms with van der Waals surface area (Å²) < 4.78 is 4.04. The van der Waals surface area contributed by atoms with E-state index in [1.807, 2.05) is 66.7 Å². The Morgan fingerprint density at radius 3 is 1.66 bits per heavy atom. The highest BCUT2D eigenvalue weighted by molar-refractivity contribution is 7.99. The zero-order valence-electron chi connectivity index (χ0n) is 23.2. The van der Waals surface area contributed by atoms with Crippen molar-refractivity contribution in [3.05, 3.63) is 160 Å². The van der Waals surface area contributed by atoms with Crippen molar-refractivity contribution in [3.63, 3.8) is 0 Å². The van der Waals surface area contributed by atoms with Crippen molar-refractivity contribution in [2.75, 3.05) is 0 Å². The van der Waals surface area contributed by atoms with Crippen molar-refractivity contribution in [2.24, 2.45) is 0 Å². The molecule has 0 aliphatic carbocycles. The Labute approximate surface area is 268 Å². The summed E-state index contributed by atoms with van der Waals surface area (Å²) in [5.41, 5.74) is 0.181. The van der Waals surface area contributed by atoms with Gasteiger partial charge in [0.15, 0.2) is 25.5 Å². The Bertz CT molecular complexity index is 2460. The predicted octanol–water partition coefficient (Wildman–Crippen LogP) is 10.4. The van der Waals surface area contributed by atoms with Crippen LogP contribution in [0.4, 0.5) is 0 Å². The number of rotatable bonds is 5. The molecule has 0 spiro atoms. The van der Waals surface area contributed by atoms with Crippen LogP contribution in [-0.2, 0) is 10.9 Å². The minimum Gasteiger partial charge on any atom is -0.289 e. The standard InChI is InChI=1S/C38H23O2S4/c39-37-29-10-4-7-13-34(29)43-36-23-28(19-20-31(36)37)44(26-8-2-1-3-9-26)27-17-14-24(15-18-27)41-25-16-21-35-32(22-25)38(40)30-11-5-6-12-33(30)42-35/h1-23H/q+1. The molecule has 0 aliphatic rings. The van der Waals surface area contributed by atoms with Gasteiger partial charge in [0.25, 0.3) is 0 Å². The molecule has 2 nitrogen and oxygen atoms in total. The fraction of sp³-hybridized carbons (Fsp3) is 0. The normalized spacial score (nSPS) is 12.3. The van der Waals surface area contributed by atoms with Crippen LogP contribution in [0.15, 0.2) is 174 Å². The second kappa shape index (κ2) is 11.4. The van der Waals surface area contributed by atoms with Gasteiger partial charge in [0.2, 0.25) is 0 Å². The van der Waals surface area contributed by atoms with Gasteiger partial charge in [0, 0.05) is 56.2 Å². The van der Waals surface area contributed by atoms with E-state index in [1.165, 1.54) is 14.7 Å². The molecule has 0 fully saturated rings. The quantitative estimate of drug-likeness (QED) is 0.139. The first-order valence-corrected chi connectivity index (χ1v) is 17.8. The minimum absolute atomic E-state index is 0.0902. The fourth-order valence-corrected chi connectivity index (χ4v) is 10.7. The zero-order valence-corrected chi connectivity index (χ0v) is 26.5. The van der Waals surface area contributed by atoms with E-state index in [-0.39, 0.29) is 21.8 Å². The monoisotopic (exact) mass is 639 g/mol. The summed E-state index contributed by atoms with van der Waals surface area (Å²) >= 11 is 5.00. The zero-order chi connectivity index (χ0) is 29.6. The van der Waals surface area contributed by atoms with Gasteiger partial charge in [-0.25, -0.2) is 0 Å². The second-order valence-electron chi connectivity index (χ2n) is 10.4. The van der Waals surface area contributed by atoms with Gasteiger partial charge in [-0.1, -0.05) is 54.2 Å². The molecule has 0 saturated heterocycles. The molecule has 8 aromatic rings. The maximum atomic E-state index is 13.2. The van der Waals surface area contributed by atoms with E-state index in [2.05, 4.69) is 72.8 Å². The third-order valence-electron chi connectivity index (χ3n) is 7.61. The van der Waals surface area contributed by atoms with Crippen molar-refractivity contribution in [2.45, 2.75) is 24.5 Å². The Kier molecular flexibility index (Phi) is 7.07. The molecule has 2 aromatic heterocycles. The average molecular weight is 640 g/mol. The molecule has 0 N–H and O–H groups in total. The van der Waals surface area contributed by atoms with Crippen LogP contribution in [0.3, 0.4) is 0 Å². The van der Waals surface area contributed by atoms with Gasteiger partial charge in [-0.05, 0) is 91.0 Å². The third kappa shape index (κ3) is 4.94. The van der Waals surface area contributed by atoms with Gasteiger partial charge >= 0.3 is 0 Å². The predicted molar refractivity (Wildman–Crippen MR) is 190 cm³/mol. The average Bonchev–Trinajstić information content (AvgIpc) is 3.07. The van der Waals surface area contributed by atoms with Crippen LogP contribution < -0.4 is 10.9 Å². The van der Waals surface area contributed by atoms with E-state index < -0.39 is 0 Å². The van der Waals surface area contributed by atoms with Crippen LogP contribution in [0.1, 0.15) is 0 Å². The SMILES string of the molecule is O=c1c2ccccc2sc2cc([S+](c3ccccc3)c3ccc(Sc4ccc5sc6ccccc6c(=O)c5c4)cc3)ccc12. The molecule has 0 bridgehead atoms. The smallest absolute Gasteiger partial charge is 0.195 e. The van der Waals surface area contributed by atoms with E-state index >= 15 is 0 Å². The van der Waals surface area contributed by atoms with Crippen LogP contribution >= 0.6 is 34.4 Å².